The van der Waals surface area contributed by atoms with Crippen LogP contribution in [0.4, 0.5) is 0 Å². The van der Waals surface area contributed by atoms with E-state index >= 15 is 0 Å². The average Bonchev–Trinajstić information content (AvgIpc) is 1.65. The molecule has 0 aliphatic heterocycles. The van der Waals surface area contributed by atoms with E-state index in [1.807, 2.05) is 0 Å². The van der Waals surface area contributed by atoms with Crippen molar-refractivity contribution in [2.45, 2.75) is 6.92 Å². The molecule has 0 aliphatic carbocycles. The molecule has 0 saturated carbocycles. The van der Waals surface area contributed by atoms with Crippen LogP contribution in [-0.2, 0) is 10.3 Å². The molecule has 0 rings (SSSR count). The number of nitrogens with zero attached hydrogens (tertiary/aromatic N) is 1. The molecule has 0 aromatic carbocycles. The van der Waals surface area contributed by atoms with Gasteiger partial charge in [-0.05, 0) is 6.92 Å². The quantitative estimate of drug-likeness (QED) is 0.661. The van der Waals surface area contributed by atoms with Gasteiger partial charge in [0.25, 0.3) is 0 Å². The third-order valence-electron chi connectivity index (χ3n) is 0.812. The lowest BCUT2D eigenvalue weighted by Crippen LogP contribution is -2.23. The molecule has 0 saturated heterocycles. The summed E-state index contributed by atoms with van der Waals surface area (Å²) in [6, 6.07) is 0. The third kappa shape index (κ3) is 3.71. The van der Waals surface area contributed by atoms with E-state index in [4.69, 9.17) is 4.55 Å². The number of rotatable bonds is 3. The smallest absolute Gasteiger partial charge is 0.269 e. The second-order valence-electron chi connectivity index (χ2n) is 1.36. The van der Waals surface area contributed by atoms with Crippen LogP contribution in [0.1, 0.15) is 6.92 Å². The van der Waals surface area contributed by atoms with Gasteiger partial charge in [0.2, 0.25) is 0 Å². The maximum absolute atomic E-state index is 10.2. The van der Waals surface area contributed by atoms with Gasteiger partial charge in [0, 0.05) is 12.7 Å². The Kier molecular flexibility index (Phi) is 5.64. The summed E-state index contributed by atoms with van der Waals surface area (Å²) >= 11 is 0. The molecule has 0 atom stereocenters. The monoisotopic (exact) mass is 187 g/mol. The van der Waals surface area contributed by atoms with Crippen molar-refractivity contribution in [2.75, 3.05) is 6.54 Å². The van der Waals surface area contributed by atoms with Gasteiger partial charge in [-0.1, -0.05) is 6.58 Å². The second-order valence-corrected chi connectivity index (χ2v) is 2.73. The van der Waals surface area contributed by atoms with Crippen LogP contribution in [0.2, 0.25) is 0 Å². The molecule has 0 fully saturated rings. The minimum Gasteiger partial charge on any atom is -0.269 e. The van der Waals surface area contributed by atoms with Gasteiger partial charge >= 0.3 is 10.3 Å². The summed E-state index contributed by atoms with van der Waals surface area (Å²) in [5.74, 6) is 0. The molecule has 10 heavy (non-hydrogen) atoms. The molecule has 0 aromatic rings. The van der Waals surface area contributed by atoms with Gasteiger partial charge in [-0.3, -0.25) is 8.86 Å². The Balaban J connectivity index is 0. The first-order valence-electron chi connectivity index (χ1n) is 2.39. The van der Waals surface area contributed by atoms with Gasteiger partial charge in [-0.2, -0.15) is 8.42 Å². The highest BCUT2D eigenvalue weighted by molar-refractivity contribution is 7.83. The van der Waals surface area contributed by atoms with E-state index in [1.54, 1.807) is 6.92 Å². The number of hydrogen-bond acceptors (Lipinski definition) is 2. The van der Waals surface area contributed by atoms with Crippen molar-refractivity contribution < 1.29 is 13.0 Å². The van der Waals surface area contributed by atoms with Gasteiger partial charge in [-0.15, -0.1) is 12.4 Å². The zero-order valence-electron chi connectivity index (χ0n) is 5.52. The average molecular weight is 188 g/mol. The molecule has 1 N–H and O–H groups in total. The van der Waals surface area contributed by atoms with E-state index < -0.39 is 10.3 Å². The van der Waals surface area contributed by atoms with Crippen LogP contribution in [-0.4, -0.2) is 23.8 Å². The normalized spacial score (nSPS) is 9.80. The maximum atomic E-state index is 10.2. The molecule has 0 spiro atoms. The second kappa shape index (κ2) is 4.54. The lowest BCUT2D eigenvalue weighted by atomic mass is 10.7. The number of halogens is 1. The van der Waals surface area contributed by atoms with Crippen molar-refractivity contribution in [3.63, 3.8) is 0 Å². The lowest BCUT2D eigenvalue weighted by molar-refractivity contribution is 0.413. The minimum atomic E-state index is -4.05. The van der Waals surface area contributed by atoms with Crippen molar-refractivity contribution in [1.29, 1.82) is 0 Å². The predicted molar refractivity (Wildman–Crippen MR) is 41.4 cm³/mol. The van der Waals surface area contributed by atoms with Crippen molar-refractivity contribution in [3.8, 4) is 0 Å². The van der Waals surface area contributed by atoms with Gasteiger partial charge in [0.15, 0.2) is 0 Å². The molecular weight excluding hydrogens is 178 g/mol. The molecule has 0 bridgehead atoms. The van der Waals surface area contributed by atoms with Crippen molar-refractivity contribution in [3.05, 3.63) is 12.8 Å². The van der Waals surface area contributed by atoms with Crippen LogP contribution in [0.25, 0.3) is 0 Å². The highest BCUT2D eigenvalue weighted by Crippen LogP contribution is 1.94. The van der Waals surface area contributed by atoms with E-state index in [2.05, 4.69) is 6.58 Å². The van der Waals surface area contributed by atoms with Gasteiger partial charge in [-0.25, -0.2) is 0 Å². The Bertz CT molecular complexity index is 189. The topological polar surface area (TPSA) is 57.6 Å². The SMILES string of the molecule is C=CN(CC)S(=O)(=O)O.Cl. The molecule has 6 heteroatoms. The highest BCUT2D eigenvalue weighted by atomic mass is 35.5. The maximum Gasteiger partial charge on any atom is 0.359 e. The Morgan fingerprint density at radius 3 is 2.10 bits per heavy atom. The van der Waals surface area contributed by atoms with E-state index in [-0.39, 0.29) is 19.0 Å². The molecule has 0 aliphatic rings. The van der Waals surface area contributed by atoms with Crippen LogP contribution in [0.3, 0.4) is 0 Å². The van der Waals surface area contributed by atoms with E-state index in [0.717, 1.165) is 10.5 Å². The zero-order valence-corrected chi connectivity index (χ0v) is 7.15. The summed E-state index contributed by atoms with van der Waals surface area (Å²) in [5, 5.41) is 0. The van der Waals surface area contributed by atoms with E-state index in [0.29, 0.717) is 0 Å². The fraction of sp³-hybridized carbons (Fsp3) is 0.500. The van der Waals surface area contributed by atoms with Crippen LogP contribution in [0.5, 0.6) is 0 Å². The number of hydrogen-bond donors (Lipinski definition) is 1. The predicted octanol–water partition coefficient (Wildman–Crippen LogP) is 0.676. The minimum absolute atomic E-state index is 0. The summed E-state index contributed by atoms with van der Waals surface area (Å²) in [7, 11) is -4.05. The van der Waals surface area contributed by atoms with Gasteiger partial charge in [0.05, 0.1) is 0 Å². The van der Waals surface area contributed by atoms with Crippen LogP contribution < -0.4 is 0 Å². The van der Waals surface area contributed by atoms with Crippen molar-refractivity contribution >= 4 is 22.7 Å². The van der Waals surface area contributed by atoms with Gasteiger partial charge in [0.1, 0.15) is 0 Å². The molecular formula is C4H10ClNO3S. The molecule has 0 heterocycles. The first-order chi connectivity index (χ1) is 4.02. The molecule has 0 radical (unpaired) electrons. The van der Waals surface area contributed by atoms with Crippen LogP contribution in [0.15, 0.2) is 12.8 Å². The standard InChI is InChI=1S/C4H9NO3S.ClH/c1-3-5(4-2)9(6,7)8;/h3H,1,4H2,2H3,(H,6,7,8);1H. The summed E-state index contributed by atoms with van der Waals surface area (Å²) in [6.45, 7) is 4.97. The first-order valence-corrected chi connectivity index (χ1v) is 3.79. The largest absolute Gasteiger partial charge is 0.359 e. The highest BCUT2D eigenvalue weighted by Gasteiger charge is 2.09. The molecule has 0 amide bonds. The Hall–Kier alpha value is -0.260. The molecule has 4 nitrogen and oxygen atoms in total. The van der Waals surface area contributed by atoms with Crippen LogP contribution in [0, 0.1) is 0 Å². The van der Waals surface area contributed by atoms with Gasteiger partial charge < -0.3 is 0 Å². The van der Waals surface area contributed by atoms with E-state index in [9.17, 15) is 8.42 Å². The molecule has 0 unspecified atom stereocenters. The fourth-order valence-corrected chi connectivity index (χ4v) is 0.901. The van der Waals surface area contributed by atoms with Crippen molar-refractivity contribution in [2.24, 2.45) is 0 Å². The summed E-state index contributed by atoms with van der Waals surface area (Å²) in [6.07, 6.45) is 1.05. The molecule has 0 aromatic heterocycles. The van der Waals surface area contributed by atoms with Crippen molar-refractivity contribution in [1.82, 2.24) is 4.31 Å². The lowest BCUT2D eigenvalue weighted by Gasteiger charge is -2.11. The Morgan fingerprint density at radius 1 is 1.70 bits per heavy atom. The Morgan fingerprint density at radius 2 is 2.10 bits per heavy atom. The zero-order chi connectivity index (χ0) is 7.49. The fourth-order valence-electron chi connectivity index (χ4n) is 0.386. The van der Waals surface area contributed by atoms with Crippen LogP contribution >= 0.6 is 12.4 Å². The summed E-state index contributed by atoms with van der Waals surface area (Å²) < 4.78 is 29.4. The Labute approximate surface area is 66.8 Å². The third-order valence-corrected chi connectivity index (χ3v) is 1.81. The summed E-state index contributed by atoms with van der Waals surface area (Å²) in [5.41, 5.74) is 0. The summed E-state index contributed by atoms with van der Waals surface area (Å²) in [4.78, 5) is 0. The molecule has 62 valence electrons. The first kappa shape index (κ1) is 12.4. The van der Waals surface area contributed by atoms with E-state index in [1.165, 1.54) is 0 Å².